The maximum absolute atomic E-state index is 5.12. The fraction of sp³-hybridized carbons (Fsp3) is 1.00. The van der Waals surface area contributed by atoms with E-state index in [9.17, 15) is 0 Å². The highest BCUT2D eigenvalue weighted by Gasteiger charge is 2.23. The maximum Gasteiger partial charge on any atom is 0.337 e. The van der Waals surface area contributed by atoms with Crippen LogP contribution in [0.25, 0.3) is 0 Å². The molecule has 0 atom stereocenters. The summed E-state index contributed by atoms with van der Waals surface area (Å²) in [6, 6.07) is 0. The molecule has 0 aromatic rings. The van der Waals surface area contributed by atoms with Crippen LogP contribution >= 0.6 is 17.0 Å². The van der Waals surface area contributed by atoms with Crippen molar-refractivity contribution in [3.05, 3.63) is 0 Å². The molecule has 7 heteroatoms. The first-order valence-electron chi connectivity index (χ1n) is 2.91. The topological polar surface area (TPSA) is 46.2 Å². The minimum absolute atomic E-state index is 0.337. The van der Waals surface area contributed by atoms with Crippen LogP contribution in [0, 0.1) is 0 Å². The zero-order valence-electron chi connectivity index (χ0n) is 6.35. The van der Waals surface area contributed by atoms with Crippen LogP contribution in [-0.4, -0.2) is 27.4 Å². The van der Waals surface area contributed by atoms with E-state index in [1.54, 1.807) is 14.2 Å². The first-order chi connectivity index (χ1) is 5.36. The predicted octanol–water partition coefficient (Wildman–Crippen LogP) is 1.80. The first-order valence-corrected chi connectivity index (χ1v) is 5.37. The van der Waals surface area contributed by atoms with Gasteiger partial charge in [-0.1, -0.05) is 0 Å². The standard InChI is InChI=1S/C4H10O5P2/c1-5-10(6-2)4-9-11-7-3-8-11/h3-4H2,1-2H3. The van der Waals surface area contributed by atoms with Gasteiger partial charge in [0.2, 0.25) is 0 Å². The van der Waals surface area contributed by atoms with Gasteiger partial charge in [-0.05, 0) is 0 Å². The second-order valence-corrected chi connectivity index (χ2v) is 4.43. The van der Waals surface area contributed by atoms with Crippen molar-refractivity contribution >= 4 is 17.0 Å². The molecule has 0 spiro atoms. The van der Waals surface area contributed by atoms with E-state index in [0.717, 1.165) is 0 Å². The van der Waals surface area contributed by atoms with E-state index in [4.69, 9.17) is 22.6 Å². The summed E-state index contributed by atoms with van der Waals surface area (Å²) < 4.78 is 24.8. The van der Waals surface area contributed by atoms with Crippen LogP contribution in [0.5, 0.6) is 0 Å². The van der Waals surface area contributed by atoms with Crippen molar-refractivity contribution in [1.82, 2.24) is 0 Å². The molecule has 0 N–H and O–H groups in total. The smallest absolute Gasteiger partial charge is 0.336 e. The minimum atomic E-state index is -1.09. The van der Waals surface area contributed by atoms with Gasteiger partial charge in [-0.2, -0.15) is 0 Å². The highest BCUT2D eigenvalue weighted by molar-refractivity contribution is 7.48. The Hall–Kier alpha value is 0.660. The highest BCUT2D eigenvalue weighted by atomic mass is 31.2. The van der Waals surface area contributed by atoms with E-state index < -0.39 is 17.0 Å². The van der Waals surface area contributed by atoms with Crippen molar-refractivity contribution < 1.29 is 22.6 Å². The molecule has 1 fully saturated rings. The predicted molar refractivity (Wildman–Crippen MR) is 40.8 cm³/mol. The van der Waals surface area contributed by atoms with Gasteiger partial charge in [-0.3, -0.25) is 9.05 Å². The lowest BCUT2D eigenvalue weighted by Gasteiger charge is -2.24. The highest BCUT2D eigenvalue weighted by Crippen LogP contribution is 2.51. The Kier molecular flexibility index (Phi) is 4.72. The molecule has 0 unspecified atom stereocenters. The largest absolute Gasteiger partial charge is 0.337 e. The molecule has 0 aromatic carbocycles. The molecular formula is C4H10O5P2. The van der Waals surface area contributed by atoms with Gasteiger partial charge in [0.15, 0.2) is 15.2 Å². The van der Waals surface area contributed by atoms with Crippen LogP contribution < -0.4 is 0 Å². The quantitative estimate of drug-likeness (QED) is 0.633. The van der Waals surface area contributed by atoms with Crippen LogP contribution in [0.4, 0.5) is 0 Å². The SMILES string of the molecule is COP(COP1OCO1)OC. The average molecular weight is 200 g/mol. The van der Waals surface area contributed by atoms with E-state index in [0.29, 0.717) is 13.1 Å². The van der Waals surface area contributed by atoms with Crippen molar-refractivity contribution in [2.75, 3.05) is 27.4 Å². The Labute approximate surface area is 67.8 Å². The molecule has 1 rings (SSSR count). The molecule has 1 heterocycles. The number of hydrogen-bond acceptors (Lipinski definition) is 5. The van der Waals surface area contributed by atoms with Gasteiger partial charge in [0.1, 0.15) is 6.35 Å². The third kappa shape index (κ3) is 3.26. The summed E-state index contributed by atoms with van der Waals surface area (Å²) in [4.78, 5) is 0. The fourth-order valence-electron chi connectivity index (χ4n) is 0.444. The van der Waals surface area contributed by atoms with E-state index in [2.05, 4.69) is 0 Å². The van der Waals surface area contributed by atoms with Crippen molar-refractivity contribution in [2.45, 2.75) is 0 Å². The van der Waals surface area contributed by atoms with Crippen LogP contribution in [0.15, 0.2) is 0 Å². The van der Waals surface area contributed by atoms with Gasteiger partial charge in [0.05, 0.1) is 0 Å². The van der Waals surface area contributed by atoms with Crippen LogP contribution in [0.1, 0.15) is 0 Å². The minimum Gasteiger partial charge on any atom is -0.336 e. The molecule has 0 saturated carbocycles. The molecule has 0 aliphatic carbocycles. The Bertz CT molecular complexity index is 105. The fourth-order valence-corrected chi connectivity index (χ4v) is 1.90. The summed E-state index contributed by atoms with van der Waals surface area (Å²) in [5.74, 6) is 0. The van der Waals surface area contributed by atoms with E-state index in [-0.39, 0.29) is 0 Å². The van der Waals surface area contributed by atoms with Crippen LogP contribution in [0.3, 0.4) is 0 Å². The van der Waals surface area contributed by atoms with Gasteiger partial charge >= 0.3 is 8.60 Å². The van der Waals surface area contributed by atoms with Gasteiger partial charge in [-0.25, -0.2) is 0 Å². The maximum atomic E-state index is 5.12. The van der Waals surface area contributed by atoms with Crippen molar-refractivity contribution in [3.63, 3.8) is 0 Å². The lowest BCUT2D eigenvalue weighted by atomic mass is 11.6. The molecule has 1 aliphatic rings. The second kappa shape index (κ2) is 5.33. The summed E-state index contributed by atoms with van der Waals surface area (Å²) in [7, 11) is 1.14. The third-order valence-corrected chi connectivity index (χ3v) is 3.32. The molecule has 66 valence electrons. The number of hydrogen-bond donors (Lipinski definition) is 0. The second-order valence-electron chi connectivity index (χ2n) is 1.56. The van der Waals surface area contributed by atoms with E-state index in [1.807, 2.05) is 0 Å². The van der Waals surface area contributed by atoms with Gasteiger partial charge < -0.3 is 13.6 Å². The Morgan fingerprint density at radius 1 is 1.36 bits per heavy atom. The molecule has 0 aromatic heterocycles. The Balaban J connectivity index is 1.99. The number of rotatable bonds is 5. The lowest BCUT2D eigenvalue weighted by Crippen LogP contribution is -2.08. The summed E-state index contributed by atoms with van der Waals surface area (Å²) >= 11 is 0. The summed E-state index contributed by atoms with van der Waals surface area (Å²) in [5, 5.41) is 0. The van der Waals surface area contributed by atoms with Crippen molar-refractivity contribution in [2.24, 2.45) is 0 Å². The molecule has 5 nitrogen and oxygen atoms in total. The molecule has 11 heavy (non-hydrogen) atoms. The molecule has 0 bridgehead atoms. The zero-order chi connectivity index (χ0) is 8.10. The van der Waals surface area contributed by atoms with Crippen molar-refractivity contribution in [3.8, 4) is 0 Å². The molecule has 0 radical (unpaired) electrons. The average Bonchev–Trinajstić information content (AvgIpc) is 1.95. The first kappa shape index (κ1) is 9.75. The normalized spacial score (nSPS) is 18.8. The Morgan fingerprint density at radius 3 is 2.36 bits per heavy atom. The molecule has 1 aliphatic heterocycles. The van der Waals surface area contributed by atoms with E-state index in [1.165, 1.54) is 0 Å². The van der Waals surface area contributed by atoms with Crippen molar-refractivity contribution in [1.29, 1.82) is 0 Å². The monoisotopic (exact) mass is 200 g/mol. The summed E-state index contributed by atoms with van der Waals surface area (Å²) in [6.45, 7) is 0.337. The molecule has 0 amide bonds. The Morgan fingerprint density at radius 2 is 2.00 bits per heavy atom. The van der Waals surface area contributed by atoms with Gasteiger partial charge in [-0.15, -0.1) is 0 Å². The van der Waals surface area contributed by atoms with E-state index >= 15 is 0 Å². The van der Waals surface area contributed by atoms with Gasteiger partial charge in [0, 0.05) is 14.2 Å². The van der Waals surface area contributed by atoms with Crippen LogP contribution in [0.2, 0.25) is 0 Å². The zero-order valence-corrected chi connectivity index (χ0v) is 8.14. The molecular weight excluding hydrogens is 190 g/mol. The molecule has 1 saturated heterocycles. The van der Waals surface area contributed by atoms with Gasteiger partial charge in [0.25, 0.3) is 0 Å². The lowest BCUT2D eigenvalue weighted by molar-refractivity contribution is -0.00386. The summed E-state index contributed by atoms with van der Waals surface area (Å²) in [6.07, 6.45) is 0.397. The summed E-state index contributed by atoms with van der Waals surface area (Å²) in [5.41, 5.74) is 0. The van der Waals surface area contributed by atoms with Crippen LogP contribution in [-0.2, 0) is 22.6 Å². The third-order valence-electron chi connectivity index (χ3n) is 0.992.